The highest BCUT2D eigenvalue weighted by Crippen LogP contribution is 2.22. The van der Waals surface area contributed by atoms with Crippen LogP contribution in [0.5, 0.6) is 5.75 Å². The first-order valence-electron chi connectivity index (χ1n) is 8.17. The van der Waals surface area contributed by atoms with Crippen LogP contribution >= 0.6 is 0 Å². The summed E-state index contributed by atoms with van der Waals surface area (Å²) < 4.78 is 32.4. The molecule has 0 radical (unpaired) electrons. The molecule has 1 aromatic rings. The Morgan fingerprint density at radius 3 is 2.68 bits per heavy atom. The molecule has 1 aliphatic rings. The smallest absolute Gasteiger partial charge is 0.281 e. The van der Waals surface area contributed by atoms with Crippen LogP contribution in [0.2, 0.25) is 0 Å². The second-order valence-corrected chi connectivity index (χ2v) is 8.24. The zero-order valence-corrected chi connectivity index (χ0v) is 15.5. The molecule has 2 rings (SSSR count). The van der Waals surface area contributed by atoms with Crippen LogP contribution in [0, 0.1) is 5.92 Å². The summed E-state index contributed by atoms with van der Waals surface area (Å²) in [4.78, 5) is 12.5. The first-order valence-corrected chi connectivity index (χ1v) is 9.56. The van der Waals surface area contributed by atoms with E-state index in [0.717, 1.165) is 0 Å². The minimum absolute atomic E-state index is 0.168. The van der Waals surface area contributed by atoms with Crippen molar-refractivity contribution in [3.63, 3.8) is 0 Å². The fourth-order valence-corrected chi connectivity index (χ4v) is 3.82. The maximum atomic E-state index is 12.5. The van der Waals surface area contributed by atoms with Crippen LogP contribution in [0.1, 0.15) is 12.8 Å². The van der Waals surface area contributed by atoms with Crippen LogP contribution in [0.3, 0.4) is 0 Å². The minimum Gasteiger partial charge on any atom is -0.490 e. The van der Waals surface area contributed by atoms with Crippen molar-refractivity contribution >= 4 is 21.8 Å². The molecule has 138 valence electrons. The number of rotatable bonds is 7. The molecule has 1 aromatic carbocycles. The second-order valence-electron chi connectivity index (χ2n) is 6.10. The molecular weight excluding hydrogens is 342 g/mol. The Kier molecular flexibility index (Phi) is 6.57. The first kappa shape index (κ1) is 19.4. The number of ether oxygens (including phenoxy) is 1. The van der Waals surface area contributed by atoms with Gasteiger partial charge in [0.25, 0.3) is 10.2 Å². The van der Waals surface area contributed by atoms with Gasteiger partial charge in [-0.05, 0) is 37.1 Å². The molecule has 1 unspecified atom stereocenters. The van der Waals surface area contributed by atoms with Gasteiger partial charge in [-0.25, -0.2) is 0 Å². The molecule has 1 aliphatic heterocycles. The third-order valence-corrected chi connectivity index (χ3v) is 5.94. The monoisotopic (exact) mass is 367 g/mol. The van der Waals surface area contributed by atoms with Gasteiger partial charge >= 0.3 is 0 Å². The highest BCUT2D eigenvalue weighted by molar-refractivity contribution is 7.86. The third-order valence-electron chi connectivity index (χ3n) is 4.03. The Labute approximate surface area is 149 Å². The molecule has 1 saturated heterocycles. The van der Waals surface area contributed by atoms with Crippen molar-refractivity contribution < 1.29 is 17.9 Å². The van der Waals surface area contributed by atoms with Crippen LogP contribution in [0.4, 0.5) is 5.69 Å². The summed E-state index contributed by atoms with van der Waals surface area (Å²) >= 11 is 0. The van der Waals surface area contributed by atoms with Crippen LogP contribution in [0.25, 0.3) is 0 Å². The standard InChI is InChI=1S/C17H25N3O4S/c1-4-12-24-16-9-7-15(8-10-16)18-17(21)14-6-5-11-20(13-14)25(22,23)19(2)3/h4,7-10,14H,1,5-6,11-13H2,2-3H3,(H,18,21). The Hall–Kier alpha value is -1.90. The van der Waals surface area contributed by atoms with Gasteiger partial charge in [-0.2, -0.15) is 17.0 Å². The van der Waals surface area contributed by atoms with Crippen molar-refractivity contribution in [1.29, 1.82) is 0 Å². The SMILES string of the molecule is C=CCOc1ccc(NC(=O)C2CCCN(S(=O)(=O)N(C)C)C2)cc1. The van der Waals surface area contributed by atoms with Crippen molar-refractivity contribution in [3.05, 3.63) is 36.9 Å². The third kappa shape index (κ3) is 5.04. The summed E-state index contributed by atoms with van der Waals surface area (Å²) in [5, 5.41) is 2.85. The van der Waals surface area contributed by atoms with Crippen molar-refractivity contribution in [2.24, 2.45) is 5.92 Å². The first-order chi connectivity index (χ1) is 11.8. The summed E-state index contributed by atoms with van der Waals surface area (Å²) in [6.07, 6.45) is 3.00. The molecule has 7 nitrogen and oxygen atoms in total. The predicted octanol–water partition coefficient (Wildman–Crippen LogP) is 1.71. The van der Waals surface area contributed by atoms with Crippen molar-refractivity contribution in [3.8, 4) is 5.75 Å². The number of amides is 1. The lowest BCUT2D eigenvalue weighted by atomic mass is 9.99. The van der Waals surface area contributed by atoms with Gasteiger partial charge < -0.3 is 10.1 Å². The topological polar surface area (TPSA) is 79.0 Å². The number of hydrogen-bond acceptors (Lipinski definition) is 4. The normalized spacial score (nSPS) is 18.8. The predicted molar refractivity (Wildman–Crippen MR) is 97.7 cm³/mol. The zero-order chi connectivity index (χ0) is 18.4. The van der Waals surface area contributed by atoms with E-state index in [1.54, 1.807) is 30.3 Å². The van der Waals surface area contributed by atoms with E-state index >= 15 is 0 Å². The Morgan fingerprint density at radius 2 is 2.08 bits per heavy atom. The van der Waals surface area contributed by atoms with Gasteiger partial charge in [-0.15, -0.1) is 0 Å². The number of carbonyl (C=O) groups is 1. The molecule has 1 heterocycles. The van der Waals surface area contributed by atoms with Gasteiger partial charge in [0, 0.05) is 32.9 Å². The van der Waals surface area contributed by atoms with Crippen LogP contribution in [0.15, 0.2) is 36.9 Å². The molecule has 1 atom stereocenters. The summed E-state index contributed by atoms with van der Waals surface area (Å²) in [5.41, 5.74) is 0.656. The number of piperidine rings is 1. The molecule has 1 amide bonds. The average molecular weight is 367 g/mol. The highest BCUT2D eigenvalue weighted by Gasteiger charge is 2.33. The molecule has 8 heteroatoms. The molecular formula is C17H25N3O4S. The number of hydrogen-bond donors (Lipinski definition) is 1. The van der Waals surface area contributed by atoms with E-state index in [-0.39, 0.29) is 18.4 Å². The zero-order valence-electron chi connectivity index (χ0n) is 14.6. The Morgan fingerprint density at radius 1 is 1.40 bits per heavy atom. The summed E-state index contributed by atoms with van der Waals surface area (Å²) in [5.74, 6) is 0.164. The van der Waals surface area contributed by atoms with Gasteiger partial charge in [-0.1, -0.05) is 12.7 Å². The lowest BCUT2D eigenvalue weighted by Crippen LogP contribution is -2.47. The quantitative estimate of drug-likeness (QED) is 0.744. The van der Waals surface area contributed by atoms with Gasteiger partial charge in [0.05, 0.1) is 5.92 Å². The number of nitrogens with one attached hydrogen (secondary N) is 1. The van der Waals surface area contributed by atoms with E-state index in [4.69, 9.17) is 4.74 Å². The largest absolute Gasteiger partial charge is 0.490 e. The Balaban J connectivity index is 1.97. The minimum atomic E-state index is -3.49. The van der Waals surface area contributed by atoms with Crippen LogP contribution in [-0.2, 0) is 15.0 Å². The molecule has 1 fully saturated rings. The summed E-state index contributed by atoms with van der Waals surface area (Å²) in [7, 11) is -0.502. The highest BCUT2D eigenvalue weighted by atomic mass is 32.2. The van der Waals surface area contributed by atoms with Crippen LogP contribution in [-0.4, -0.2) is 56.7 Å². The molecule has 1 N–H and O–H groups in total. The molecule has 0 bridgehead atoms. The molecule has 0 spiro atoms. The molecule has 0 saturated carbocycles. The van der Waals surface area contributed by atoms with Gasteiger partial charge in [0.1, 0.15) is 12.4 Å². The Bertz CT molecular complexity index is 701. The summed E-state index contributed by atoms with van der Waals surface area (Å²) in [6, 6.07) is 7.05. The van der Waals surface area contributed by atoms with Crippen molar-refractivity contribution in [1.82, 2.24) is 8.61 Å². The average Bonchev–Trinajstić information content (AvgIpc) is 2.61. The number of nitrogens with zero attached hydrogens (tertiary/aromatic N) is 2. The van der Waals surface area contributed by atoms with Gasteiger partial charge in [0.2, 0.25) is 5.91 Å². The lowest BCUT2D eigenvalue weighted by molar-refractivity contribution is -0.120. The maximum absolute atomic E-state index is 12.5. The van der Waals surface area contributed by atoms with E-state index in [9.17, 15) is 13.2 Å². The van der Waals surface area contributed by atoms with E-state index in [1.165, 1.54) is 22.7 Å². The van der Waals surface area contributed by atoms with E-state index in [2.05, 4.69) is 11.9 Å². The van der Waals surface area contributed by atoms with Crippen molar-refractivity contribution in [2.75, 3.05) is 39.1 Å². The maximum Gasteiger partial charge on any atom is 0.281 e. The second kappa shape index (κ2) is 8.46. The van der Waals surface area contributed by atoms with Gasteiger partial charge in [-0.3, -0.25) is 4.79 Å². The fraction of sp³-hybridized carbons (Fsp3) is 0.471. The number of carbonyl (C=O) groups excluding carboxylic acids is 1. The fourth-order valence-electron chi connectivity index (χ4n) is 2.63. The number of benzene rings is 1. The van der Waals surface area contributed by atoms with Crippen molar-refractivity contribution in [2.45, 2.75) is 12.8 Å². The van der Waals surface area contributed by atoms with Crippen LogP contribution < -0.4 is 10.1 Å². The van der Waals surface area contributed by atoms with E-state index < -0.39 is 10.2 Å². The van der Waals surface area contributed by atoms with E-state index in [0.29, 0.717) is 37.4 Å². The molecule has 0 aliphatic carbocycles. The van der Waals surface area contributed by atoms with Gasteiger partial charge in [0.15, 0.2) is 0 Å². The molecule has 0 aromatic heterocycles. The summed E-state index contributed by atoms with van der Waals surface area (Å²) in [6.45, 7) is 4.65. The number of anilines is 1. The van der Waals surface area contributed by atoms with E-state index in [1.807, 2.05) is 0 Å². The lowest BCUT2D eigenvalue weighted by Gasteiger charge is -2.32. The molecule has 25 heavy (non-hydrogen) atoms.